The van der Waals surface area contributed by atoms with Crippen molar-refractivity contribution >= 4 is 48.9 Å². The molecule has 0 atom stereocenters. The fourth-order valence-electron chi connectivity index (χ4n) is 4.08. The summed E-state index contributed by atoms with van der Waals surface area (Å²) in [6, 6.07) is 17.3. The molecule has 0 fully saturated rings. The van der Waals surface area contributed by atoms with Crippen molar-refractivity contribution in [3.05, 3.63) is 82.6 Å². The van der Waals surface area contributed by atoms with Crippen LogP contribution in [0.5, 0.6) is 17.2 Å². The Balaban J connectivity index is 0.00000370. The molecule has 0 saturated heterocycles. The van der Waals surface area contributed by atoms with Crippen LogP contribution in [0.1, 0.15) is 33.6 Å². The van der Waals surface area contributed by atoms with Gasteiger partial charge in [0.1, 0.15) is 34.3 Å². The molecular weight excluding hydrogens is 569 g/mol. The number of esters is 1. The van der Waals surface area contributed by atoms with Crippen molar-refractivity contribution in [2.24, 2.45) is 0 Å². The summed E-state index contributed by atoms with van der Waals surface area (Å²) < 4.78 is 60.7. The molecule has 10 nitrogen and oxygen atoms in total. The van der Waals surface area contributed by atoms with E-state index in [1.165, 1.54) is 30.6 Å². The summed E-state index contributed by atoms with van der Waals surface area (Å²) in [5, 5.41) is 1.11. The molecule has 3 aromatic carbocycles. The molecule has 0 radical (unpaired) electrons. The number of hydrogen-bond acceptors (Lipinski definition) is 11. The number of benzene rings is 3. The predicted molar refractivity (Wildman–Crippen MR) is 142 cm³/mol. The number of carbonyl (C=O) groups excluding carboxylic acids is 1. The zero-order valence-corrected chi connectivity index (χ0v) is 25.5. The Kier molecular flexibility index (Phi) is 9.39. The number of hydrogen-bond donors (Lipinski definition) is 0. The van der Waals surface area contributed by atoms with E-state index in [4.69, 9.17) is 18.6 Å². The van der Waals surface area contributed by atoms with Crippen LogP contribution in [0.2, 0.25) is 0 Å². The Morgan fingerprint density at radius 3 is 2.55 bits per heavy atom. The van der Waals surface area contributed by atoms with Gasteiger partial charge < -0.3 is 27.4 Å². The van der Waals surface area contributed by atoms with Gasteiger partial charge in [-0.15, -0.1) is 11.3 Å². The third kappa shape index (κ3) is 6.77. The second-order valence-corrected chi connectivity index (χ2v) is 10.4. The third-order valence-corrected chi connectivity index (χ3v) is 7.08. The smallest absolute Gasteiger partial charge is 0.716 e. The molecule has 0 N–H and O–H groups in total. The van der Waals surface area contributed by atoms with Crippen molar-refractivity contribution in [2.45, 2.75) is 20.0 Å². The number of rotatable bonds is 10. The summed E-state index contributed by atoms with van der Waals surface area (Å²) >= 11 is 1.25. The molecule has 0 spiro atoms. The van der Waals surface area contributed by atoms with Gasteiger partial charge in [0.05, 0.1) is 23.9 Å². The van der Waals surface area contributed by atoms with Gasteiger partial charge in [0, 0.05) is 23.9 Å². The van der Waals surface area contributed by atoms with Crippen molar-refractivity contribution in [3.8, 4) is 17.2 Å². The van der Waals surface area contributed by atoms with Gasteiger partial charge in [-0.1, -0.05) is 30.3 Å². The van der Waals surface area contributed by atoms with Gasteiger partial charge >= 0.3 is 35.5 Å². The van der Waals surface area contributed by atoms with E-state index in [0.717, 1.165) is 5.56 Å². The first kappa shape index (κ1) is 29.8. The molecule has 0 amide bonds. The minimum Gasteiger partial charge on any atom is -0.716 e. The molecule has 0 saturated carbocycles. The number of methoxy groups -OCH3 is 1. The SMILES string of the molecule is CCOC(=O)c1c(Cc2ccccc2)oc2cc(OC)c(OCc3nc4ccc(OS(=O)(=O)[O-])cc4s3)cc12.[Na+]. The van der Waals surface area contributed by atoms with E-state index in [1.807, 2.05) is 30.3 Å². The predicted octanol–water partition coefficient (Wildman–Crippen LogP) is 2.24. The topological polar surface area (TPSA) is 137 Å². The van der Waals surface area contributed by atoms with Crippen molar-refractivity contribution in [2.75, 3.05) is 13.7 Å². The standard InChI is InChI=1S/C27H23NO9S2.Na/c1-3-34-27(29)26-18-13-22(21(33-2)14-20(18)36-23(26)11-16-7-5-4-6-8-16)35-15-25-28-19-10-9-17(12-24(19)38-25)37-39(30,31)32;/h4-10,12-14H,3,11,15H2,1-2H3,(H,30,31,32);/q;+1/p-1. The van der Waals surface area contributed by atoms with Gasteiger partial charge in [-0.05, 0) is 30.7 Å². The number of carbonyl (C=O) groups is 1. The number of fused-ring (bicyclic) bond motifs is 2. The van der Waals surface area contributed by atoms with E-state index in [1.54, 1.807) is 25.1 Å². The molecule has 0 bridgehead atoms. The number of ether oxygens (including phenoxy) is 3. The first-order valence-corrected chi connectivity index (χ1v) is 13.9. The first-order valence-electron chi connectivity index (χ1n) is 11.8. The minimum atomic E-state index is -4.89. The molecule has 5 rings (SSSR count). The second-order valence-electron chi connectivity index (χ2n) is 8.30. The largest absolute Gasteiger partial charge is 1.00 e. The summed E-state index contributed by atoms with van der Waals surface area (Å²) in [5.41, 5.74) is 2.34. The molecule has 0 aliphatic rings. The molecule has 0 aliphatic heterocycles. The maximum atomic E-state index is 13.0. The van der Waals surface area contributed by atoms with E-state index in [9.17, 15) is 17.8 Å². The Hall–Kier alpha value is -3.13. The van der Waals surface area contributed by atoms with Crippen LogP contribution in [0.3, 0.4) is 0 Å². The monoisotopic (exact) mass is 591 g/mol. The van der Waals surface area contributed by atoms with Crippen LogP contribution in [-0.4, -0.2) is 37.6 Å². The molecule has 40 heavy (non-hydrogen) atoms. The maximum Gasteiger partial charge on any atom is 1.00 e. The zero-order valence-electron chi connectivity index (χ0n) is 21.8. The van der Waals surface area contributed by atoms with Gasteiger partial charge in [0.2, 0.25) is 0 Å². The Morgan fingerprint density at radius 2 is 1.85 bits per heavy atom. The maximum absolute atomic E-state index is 13.0. The second kappa shape index (κ2) is 12.6. The van der Waals surface area contributed by atoms with Gasteiger partial charge in [-0.3, -0.25) is 0 Å². The van der Waals surface area contributed by atoms with Crippen LogP contribution in [0.25, 0.3) is 21.2 Å². The summed E-state index contributed by atoms with van der Waals surface area (Å²) in [4.78, 5) is 17.4. The van der Waals surface area contributed by atoms with Gasteiger partial charge in [-0.25, -0.2) is 18.2 Å². The zero-order chi connectivity index (χ0) is 27.6. The first-order chi connectivity index (χ1) is 18.7. The summed E-state index contributed by atoms with van der Waals surface area (Å²) in [5.74, 6) is 0.637. The van der Waals surface area contributed by atoms with E-state index in [2.05, 4.69) is 9.17 Å². The summed E-state index contributed by atoms with van der Waals surface area (Å²) in [6.07, 6.45) is 0.396. The average molecular weight is 592 g/mol. The molecular formula is C27H22NNaO9S2. The van der Waals surface area contributed by atoms with Crippen molar-refractivity contribution in [1.82, 2.24) is 4.98 Å². The van der Waals surface area contributed by atoms with E-state index < -0.39 is 16.4 Å². The van der Waals surface area contributed by atoms with Crippen LogP contribution >= 0.6 is 11.3 Å². The average Bonchev–Trinajstić information content (AvgIpc) is 3.46. The van der Waals surface area contributed by atoms with E-state index >= 15 is 0 Å². The van der Waals surface area contributed by atoms with Crippen molar-refractivity contribution < 1.29 is 70.1 Å². The molecule has 5 aromatic rings. The van der Waals surface area contributed by atoms with Crippen LogP contribution < -0.4 is 43.2 Å². The molecule has 2 heterocycles. The van der Waals surface area contributed by atoms with Crippen molar-refractivity contribution in [1.29, 1.82) is 0 Å². The Bertz CT molecular complexity index is 1770. The fraction of sp³-hybridized carbons (Fsp3) is 0.185. The van der Waals surface area contributed by atoms with E-state index in [-0.39, 0.29) is 48.5 Å². The Morgan fingerprint density at radius 1 is 1.07 bits per heavy atom. The van der Waals surface area contributed by atoms with Gasteiger partial charge in [-0.2, -0.15) is 0 Å². The van der Waals surface area contributed by atoms with Crippen LogP contribution in [0.15, 0.2) is 65.1 Å². The van der Waals surface area contributed by atoms with E-state index in [0.29, 0.717) is 55.4 Å². The molecule has 0 aliphatic carbocycles. The molecule has 0 unspecified atom stereocenters. The third-order valence-electron chi connectivity index (χ3n) is 5.69. The number of aromatic nitrogens is 1. The van der Waals surface area contributed by atoms with Gasteiger partial charge in [0.15, 0.2) is 11.5 Å². The normalized spacial score (nSPS) is 11.3. The quantitative estimate of drug-likeness (QED) is 0.103. The minimum absolute atomic E-state index is 0. The molecule has 13 heteroatoms. The van der Waals surface area contributed by atoms with Crippen LogP contribution in [-0.2, 0) is 28.2 Å². The number of furan rings is 1. The number of thiazole rings is 1. The summed E-state index contributed by atoms with van der Waals surface area (Å²) in [6.45, 7) is 2.00. The fourth-order valence-corrected chi connectivity index (χ4v) is 5.33. The van der Waals surface area contributed by atoms with Crippen molar-refractivity contribution in [3.63, 3.8) is 0 Å². The van der Waals surface area contributed by atoms with Gasteiger partial charge in [0.25, 0.3) is 10.4 Å². The summed E-state index contributed by atoms with van der Waals surface area (Å²) in [7, 11) is -3.39. The van der Waals surface area contributed by atoms with Crippen LogP contribution in [0, 0.1) is 0 Å². The number of nitrogens with zero attached hydrogens (tertiary/aromatic N) is 1. The molecule has 202 valence electrons. The van der Waals surface area contributed by atoms with Crippen LogP contribution in [0.4, 0.5) is 0 Å². The Labute approximate surface area is 256 Å². The molecule has 2 aromatic heterocycles.